The first-order valence-electron chi connectivity index (χ1n) is 7.44. The molecule has 0 spiro atoms. The van der Waals surface area contributed by atoms with Gasteiger partial charge in [0.1, 0.15) is 0 Å². The predicted octanol–water partition coefficient (Wildman–Crippen LogP) is 1.33. The normalized spacial score (nSPS) is 18.3. The van der Waals surface area contributed by atoms with Crippen LogP contribution in [0.25, 0.3) is 0 Å². The van der Waals surface area contributed by atoms with Crippen LogP contribution in [0.15, 0.2) is 23.1 Å². The fourth-order valence-electron chi connectivity index (χ4n) is 2.32. The lowest BCUT2D eigenvalue weighted by molar-refractivity contribution is -0.137. The van der Waals surface area contributed by atoms with E-state index in [9.17, 15) is 26.7 Å². The van der Waals surface area contributed by atoms with Crippen molar-refractivity contribution in [1.29, 1.82) is 0 Å². The van der Waals surface area contributed by atoms with Crippen LogP contribution in [0.1, 0.15) is 5.56 Å². The summed E-state index contributed by atoms with van der Waals surface area (Å²) in [5.41, 5.74) is -1.23. The van der Waals surface area contributed by atoms with Crippen LogP contribution in [-0.4, -0.2) is 63.9 Å². The minimum Gasteiger partial charge on any atom is -0.390 e. The standard InChI is InChI=1S/C14H18ClF3N2O4S/c15-13-2-1-11(7-12(13)14(16,17)18)25(22,23)19-8-10(21)9-20-3-5-24-6-4-20/h1-2,7,10,19,21H,3-6,8-9H2/t10-/m1/s1. The van der Waals surface area contributed by atoms with Crippen LogP contribution in [0.4, 0.5) is 13.2 Å². The van der Waals surface area contributed by atoms with Gasteiger partial charge in [-0.05, 0) is 18.2 Å². The van der Waals surface area contributed by atoms with Crippen molar-refractivity contribution in [2.75, 3.05) is 39.4 Å². The second-order valence-corrected chi connectivity index (χ2v) is 7.73. The maximum Gasteiger partial charge on any atom is 0.417 e. The second-order valence-electron chi connectivity index (χ2n) is 5.56. The van der Waals surface area contributed by atoms with Crippen molar-refractivity contribution in [2.24, 2.45) is 0 Å². The van der Waals surface area contributed by atoms with E-state index in [1.165, 1.54) is 0 Å². The van der Waals surface area contributed by atoms with Gasteiger partial charge in [0.15, 0.2) is 0 Å². The molecule has 6 nitrogen and oxygen atoms in total. The zero-order valence-electron chi connectivity index (χ0n) is 13.1. The Bertz CT molecular complexity index is 694. The molecule has 1 atom stereocenters. The molecule has 0 aliphatic carbocycles. The van der Waals surface area contributed by atoms with Crippen LogP contribution >= 0.6 is 11.6 Å². The van der Waals surface area contributed by atoms with E-state index in [2.05, 4.69) is 4.72 Å². The molecule has 25 heavy (non-hydrogen) atoms. The molecule has 1 aromatic carbocycles. The number of morpholine rings is 1. The number of benzene rings is 1. The lowest BCUT2D eigenvalue weighted by Gasteiger charge is -2.28. The zero-order chi connectivity index (χ0) is 18.7. The Hall–Kier alpha value is -0.910. The molecular formula is C14H18ClF3N2O4S. The molecule has 1 fully saturated rings. The molecule has 0 aromatic heterocycles. The third-order valence-electron chi connectivity index (χ3n) is 3.64. The predicted molar refractivity (Wildman–Crippen MR) is 84.9 cm³/mol. The summed E-state index contributed by atoms with van der Waals surface area (Å²) in [6.07, 6.45) is -5.76. The van der Waals surface area contributed by atoms with Gasteiger partial charge in [0, 0.05) is 26.2 Å². The van der Waals surface area contributed by atoms with Crippen molar-refractivity contribution in [3.8, 4) is 0 Å². The molecule has 142 valence electrons. The van der Waals surface area contributed by atoms with Crippen LogP contribution in [0, 0.1) is 0 Å². The third kappa shape index (κ3) is 5.80. The van der Waals surface area contributed by atoms with E-state index in [0.29, 0.717) is 32.4 Å². The van der Waals surface area contributed by atoms with Crippen molar-refractivity contribution in [3.05, 3.63) is 28.8 Å². The Morgan fingerprint density at radius 2 is 1.96 bits per heavy atom. The minimum absolute atomic E-state index is 0.236. The molecule has 1 aliphatic heterocycles. The number of ether oxygens (including phenoxy) is 1. The van der Waals surface area contributed by atoms with E-state index in [-0.39, 0.29) is 13.1 Å². The summed E-state index contributed by atoms with van der Waals surface area (Å²) >= 11 is 5.48. The summed E-state index contributed by atoms with van der Waals surface area (Å²) in [6, 6.07) is 2.33. The monoisotopic (exact) mass is 402 g/mol. The third-order valence-corrected chi connectivity index (χ3v) is 5.39. The molecule has 0 bridgehead atoms. The molecular weight excluding hydrogens is 385 g/mol. The highest BCUT2D eigenvalue weighted by Crippen LogP contribution is 2.35. The Morgan fingerprint density at radius 1 is 1.32 bits per heavy atom. The number of alkyl halides is 3. The van der Waals surface area contributed by atoms with Crippen molar-refractivity contribution in [3.63, 3.8) is 0 Å². The van der Waals surface area contributed by atoms with Gasteiger partial charge in [-0.3, -0.25) is 4.90 Å². The first kappa shape index (κ1) is 20.4. The Balaban J connectivity index is 2.01. The fraction of sp³-hybridized carbons (Fsp3) is 0.571. The van der Waals surface area contributed by atoms with E-state index >= 15 is 0 Å². The second kappa shape index (κ2) is 8.19. The smallest absolute Gasteiger partial charge is 0.390 e. The Kier molecular flexibility index (Phi) is 6.68. The van der Waals surface area contributed by atoms with Gasteiger partial charge >= 0.3 is 6.18 Å². The first-order valence-corrected chi connectivity index (χ1v) is 9.30. The molecule has 0 amide bonds. The van der Waals surface area contributed by atoms with Gasteiger partial charge in [-0.2, -0.15) is 13.2 Å². The summed E-state index contributed by atoms with van der Waals surface area (Å²) in [6.45, 7) is 2.22. The van der Waals surface area contributed by atoms with E-state index in [0.717, 1.165) is 12.1 Å². The molecule has 2 N–H and O–H groups in total. The maximum atomic E-state index is 12.8. The minimum atomic E-state index is -4.77. The lowest BCUT2D eigenvalue weighted by atomic mass is 10.2. The van der Waals surface area contributed by atoms with Gasteiger partial charge in [0.2, 0.25) is 10.0 Å². The largest absolute Gasteiger partial charge is 0.417 e. The van der Waals surface area contributed by atoms with Crippen LogP contribution in [0.3, 0.4) is 0 Å². The van der Waals surface area contributed by atoms with Crippen LogP contribution in [0.2, 0.25) is 5.02 Å². The molecule has 0 unspecified atom stereocenters. The number of aliphatic hydroxyl groups excluding tert-OH is 1. The number of nitrogens with zero attached hydrogens (tertiary/aromatic N) is 1. The summed E-state index contributed by atoms with van der Waals surface area (Å²) in [5.74, 6) is 0. The van der Waals surface area contributed by atoms with Gasteiger partial charge in [-0.1, -0.05) is 11.6 Å². The fourth-order valence-corrected chi connectivity index (χ4v) is 3.65. The summed E-state index contributed by atoms with van der Waals surface area (Å²) in [5, 5.41) is 9.34. The lowest BCUT2D eigenvalue weighted by Crippen LogP contribution is -2.44. The number of β-amino-alcohol motifs (C(OH)–C–C–N with tert-alkyl or cyclic N) is 1. The van der Waals surface area contributed by atoms with Gasteiger partial charge in [-0.25, -0.2) is 13.1 Å². The topological polar surface area (TPSA) is 78.9 Å². The Morgan fingerprint density at radius 3 is 2.56 bits per heavy atom. The van der Waals surface area contributed by atoms with Gasteiger partial charge in [0.05, 0.1) is 34.8 Å². The average Bonchev–Trinajstić information content (AvgIpc) is 2.53. The Labute approximate surface area is 148 Å². The zero-order valence-corrected chi connectivity index (χ0v) is 14.7. The average molecular weight is 403 g/mol. The van der Waals surface area contributed by atoms with Crippen LogP contribution < -0.4 is 4.72 Å². The van der Waals surface area contributed by atoms with Gasteiger partial charge in [0.25, 0.3) is 0 Å². The molecule has 11 heteroatoms. The molecule has 2 rings (SSSR count). The maximum absolute atomic E-state index is 12.8. The van der Waals surface area contributed by atoms with Gasteiger partial charge in [-0.15, -0.1) is 0 Å². The molecule has 1 aliphatic rings. The molecule has 0 radical (unpaired) electrons. The summed E-state index contributed by atoms with van der Waals surface area (Å²) < 4.78 is 70.1. The number of rotatable bonds is 6. The number of halogens is 4. The number of aliphatic hydroxyl groups is 1. The molecule has 1 aromatic rings. The highest BCUT2D eigenvalue weighted by atomic mass is 35.5. The van der Waals surface area contributed by atoms with E-state index < -0.39 is 37.8 Å². The quantitative estimate of drug-likeness (QED) is 0.750. The number of hydrogen-bond donors (Lipinski definition) is 2. The summed E-state index contributed by atoms with van der Waals surface area (Å²) in [7, 11) is -4.21. The van der Waals surface area contributed by atoms with Crippen molar-refractivity contribution < 1.29 is 31.4 Å². The molecule has 1 saturated heterocycles. The van der Waals surface area contributed by atoms with Crippen molar-refractivity contribution in [2.45, 2.75) is 17.2 Å². The van der Waals surface area contributed by atoms with E-state index in [1.807, 2.05) is 4.90 Å². The molecule has 1 heterocycles. The van der Waals surface area contributed by atoms with Crippen LogP contribution in [0.5, 0.6) is 0 Å². The first-order chi connectivity index (χ1) is 11.6. The number of nitrogens with one attached hydrogen (secondary N) is 1. The van der Waals surface area contributed by atoms with E-state index in [4.69, 9.17) is 16.3 Å². The van der Waals surface area contributed by atoms with Crippen molar-refractivity contribution >= 4 is 21.6 Å². The number of sulfonamides is 1. The molecule has 0 saturated carbocycles. The number of hydrogen-bond acceptors (Lipinski definition) is 5. The SMILES string of the molecule is O=S(=O)(NC[C@@H](O)CN1CCOCC1)c1ccc(Cl)c(C(F)(F)F)c1. The summed E-state index contributed by atoms with van der Waals surface area (Å²) in [4.78, 5) is 1.34. The van der Waals surface area contributed by atoms with Crippen LogP contribution in [-0.2, 0) is 20.9 Å². The van der Waals surface area contributed by atoms with Crippen molar-refractivity contribution in [1.82, 2.24) is 9.62 Å². The highest BCUT2D eigenvalue weighted by Gasteiger charge is 2.34. The van der Waals surface area contributed by atoms with Gasteiger partial charge < -0.3 is 9.84 Å². The van der Waals surface area contributed by atoms with E-state index in [1.54, 1.807) is 0 Å². The highest BCUT2D eigenvalue weighted by molar-refractivity contribution is 7.89.